The van der Waals surface area contributed by atoms with Gasteiger partial charge in [0.15, 0.2) is 5.79 Å². The van der Waals surface area contributed by atoms with Crippen molar-refractivity contribution in [3.63, 3.8) is 0 Å². The van der Waals surface area contributed by atoms with Crippen LogP contribution in [0.1, 0.15) is 72.6 Å². The van der Waals surface area contributed by atoms with Gasteiger partial charge in [0.1, 0.15) is 0 Å². The predicted molar refractivity (Wildman–Crippen MR) is 99.3 cm³/mol. The monoisotopic (exact) mass is 346 g/mol. The summed E-state index contributed by atoms with van der Waals surface area (Å²) in [5.41, 5.74) is 3.40. The van der Waals surface area contributed by atoms with Crippen molar-refractivity contribution in [2.75, 3.05) is 13.2 Å². The van der Waals surface area contributed by atoms with Crippen LogP contribution in [-0.4, -0.2) is 30.7 Å². The van der Waals surface area contributed by atoms with Crippen molar-refractivity contribution in [1.29, 1.82) is 0 Å². The van der Waals surface area contributed by atoms with E-state index < -0.39 is 0 Å². The summed E-state index contributed by atoms with van der Waals surface area (Å²) in [5.74, 6) is 0.367. The maximum absolute atomic E-state index is 6.44. The first kappa shape index (κ1) is 17.8. The van der Waals surface area contributed by atoms with E-state index in [0.29, 0.717) is 17.4 Å². The molecule has 0 bridgehead atoms. The number of hydrogen-bond acceptors (Lipinski definition) is 3. The summed E-state index contributed by atoms with van der Waals surface area (Å²) in [6.07, 6.45) is 13.3. The van der Waals surface area contributed by atoms with Crippen LogP contribution in [-0.2, 0) is 14.2 Å². The third kappa shape index (κ3) is 3.36. The van der Waals surface area contributed by atoms with E-state index in [1.807, 2.05) is 0 Å². The molecule has 1 heterocycles. The lowest BCUT2D eigenvalue weighted by molar-refractivity contribution is -0.161. The fourth-order valence-electron chi connectivity index (χ4n) is 5.33. The molecule has 4 rings (SSSR count). The number of allylic oxidation sites excluding steroid dienone is 3. The highest BCUT2D eigenvalue weighted by molar-refractivity contribution is 5.36. The van der Waals surface area contributed by atoms with Gasteiger partial charge < -0.3 is 14.2 Å². The molecule has 3 heteroatoms. The van der Waals surface area contributed by atoms with Gasteiger partial charge in [-0.25, -0.2) is 0 Å². The van der Waals surface area contributed by atoms with Crippen LogP contribution in [0, 0.1) is 11.3 Å². The molecule has 140 valence electrons. The highest BCUT2D eigenvalue weighted by Crippen LogP contribution is 2.54. The summed E-state index contributed by atoms with van der Waals surface area (Å²) in [6, 6.07) is 0. The summed E-state index contributed by atoms with van der Waals surface area (Å²) in [5, 5.41) is 0. The number of ether oxygens (including phenoxy) is 3. The molecule has 4 aliphatic rings. The van der Waals surface area contributed by atoms with Gasteiger partial charge in [0.25, 0.3) is 0 Å². The standard InChI is InChI=1S/C22H34O3/c1-20(2,3)25-19-6-5-18-15-17(7-10-21(18,19)4)16-8-11-22(12-9-16)23-13-14-24-22/h8,15,18-19H,5-7,9-14H2,1-4H3/t18-,19+,21+/m1/s1. The Hall–Kier alpha value is -0.640. The largest absolute Gasteiger partial charge is 0.372 e. The highest BCUT2D eigenvalue weighted by atomic mass is 16.7. The van der Waals surface area contributed by atoms with Gasteiger partial charge >= 0.3 is 0 Å². The van der Waals surface area contributed by atoms with E-state index in [4.69, 9.17) is 14.2 Å². The van der Waals surface area contributed by atoms with Crippen LogP contribution in [0.5, 0.6) is 0 Å². The molecular formula is C22H34O3. The summed E-state index contributed by atoms with van der Waals surface area (Å²) < 4.78 is 18.2. The lowest BCUT2D eigenvalue weighted by Crippen LogP contribution is -2.40. The van der Waals surface area contributed by atoms with E-state index in [2.05, 4.69) is 39.8 Å². The third-order valence-electron chi connectivity index (χ3n) is 6.81. The van der Waals surface area contributed by atoms with E-state index in [0.717, 1.165) is 32.5 Å². The minimum Gasteiger partial charge on any atom is -0.372 e. The minimum atomic E-state index is -0.299. The first-order valence-corrected chi connectivity index (χ1v) is 10.2. The van der Waals surface area contributed by atoms with E-state index >= 15 is 0 Å². The highest BCUT2D eigenvalue weighted by Gasteiger charge is 2.49. The quantitative estimate of drug-likeness (QED) is 0.691. The lowest BCUT2D eigenvalue weighted by atomic mass is 9.68. The van der Waals surface area contributed by atoms with Gasteiger partial charge in [-0.3, -0.25) is 0 Å². The SMILES string of the molecule is CC(C)(C)O[C@H]1CC[C@@H]2C=C(C3=CCC4(CC3)OCCO4)CC[C@]12C. The lowest BCUT2D eigenvalue weighted by Gasteiger charge is -2.42. The van der Waals surface area contributed by atoms with Gasteiger partial charge in [-0.2, -0.15) is 0 Å². The number of fused-ring (bicyclic) bond motifs is 1. The average Bonchev–Trinajstić information content (AvgIpc) is 3.12. The molecule has 1 saturated heterocycles. The van der Waals surface area contributed by atoms with Crippen molar-refractivity contribution < 1.29 is 14.2 Å². The third-order valence-corrected chi connectivity index (χ3v) is 6.81. The second-order valence-corrected chi connectivity index (χ2v) is 9.64. The van der Waals surface area contributed by atoms with E-state index in [1.165, 1.54) is 25.7 Å². The van der Waals surface area contributed by atoms with Gasteiger partial charge in [-0.05, 0) is 69.9 Å². The van der Waals surface area contributed by atoms with E-state index in [-0.39, 0.29) is 11.4 Å². The molecule has 1 aliphatic heterocycles. The van der Waals surface area contributed by atoms with Gasteiger partial charge in [0, 0.05) is 18.3 Å². The molecule has 0 N–H and O–H groups in total. The van der Waals surface area contributed by atoms with Crippen LogP contribution in [0.3, 0.4) is 0 Å². The summed E-state index contributed by atoms with van der Waals surface area (Å²) in [4.78, 5) is 0. The van der Waals surface area contributed by atoms with Crippen LogP contribution < -0.4 is 0 Å². The van der Waals surface area contributed by atoms with E-state index in [9.17, 15) is 0 Å². The summed E-state index contributed by atoms with van der Waals surface area (Å²) >= 11 is 0. The molecule has 3 aliphatic carbocycles. The normalized spacial score (nSPS) is 37.8. The fourth-order valence-corrected chi connectivity index (χ4v) is 5.33. The summed E-state index contributed by atoms with van der Waals surface area (Å²) in [7, 11) is 0. The van der Waals surface area contributed by atoms with Crippen molar-refractivity contribution in [3.05, 3.63) is 23.3 Å². The van der Waals surface area contributed by atoms with Crippen LogP contribution >= 0.6 is 0 Å². The zero-order chi connectivity index (χ0) is 17.7. The molecule has 0 aromatic rings. The van der Waals surface area contributed by atoms with Crippen molar-refractivity contribution in [2.45, 2.75) is 90.1 Å². The number of hydrogen-bond donors (Lipinski definition) is 0. The Morgan fingerprint density at radius 3 is 2.40 bits per heavy atom. The Morgan fingerprint density at radius 2 is 1.76 bits per heavy atom. The van der Waals surface area contributed by atoms with Crippen molar-refractivity contribution in [3.8, 4) is 0 Å². The molecule has 3 nitrogen and oxygen atoms in total. The van der Waals surface area contributed by atoms with Crippen LogP contribution in [0.2, 0.25) is 0 Å². The van der Waals surface area contributed by atoms with Crippen LogP contribution in [0.4, 0.5) is 0 Å². The Bertz CT molecular complexity index is 577. The van der Waals surface area contributed by atoms with Crippen LogP contribution in [0.25, 0.3) is 0 Å². The van der Waals surface area contributed by atoms with E-state index in [1.54, 1.807) is 11.1 Å². The number of rotatable bonds is 2. The Balaban J connectivity index is 1.47. The average molecular weight is 347 g/mol. The molecule has 1 saturated carbocycles. The topological polar surface area (TPSA) is 27.7 Å². The van der Waals surface area contributed by atoms with Gasteiger partial charge in [0.2, 0.25) is 0 Å². The Kier molecular flexibility index (Phi) is 4.41. The molecule has 25 heavy (non-hydrogen) atoms. The molecule has 1 spiro atoms. The molecule has 3 atom stereocenters. The van der Waals surface area contributed by atoms with Gasteiger partial charge in [0.05, 0.1) is 24.9 Å². The Labute approximate surface area is 152 Å². The minimum absolute atomic E-state index is 0.0476. The Morgan fingerprint density at radius 1 is 1.04 bits per heavy atom. The van der Waals surface area contributed by atoms with Crippen molar-refractivity contribution in [1.82, 2.24) is 0 Å². The molecule has 2 fully saturated rings. The molecule has 0 amide bonds. The van der Waals surface area contributed by atoms with Gasteiger partial charge in [-0.15, -0.1) is 0 Å². The zero-order valence-electron chi connectivity index (χ0n) is 16.4. The smallest absolute Gasteiger partial charge is 0.172 e. The first-order valence-electron chi connectivity index (χ1n) is 10.2. The first-order chi connectivity index (χ1) is 11.8. The maximum Gasteiger partial charge on any atom is 0.172 e. The molecule has 0 radical (unpaired) electrons. The van der Waals surface area contributed by atoms with Crippen molar-refractivity contribution in [2.24, 2.45) is 11.3 Å². The van der Waals surface area contributed by atoms with Crippen molar-refractivity contribution >= 4 is 0 Å². The predicted octanol–water partition coefficient (Wildman–Crippen LogP) is 5.16. The second kappa shape index (κ2) is 6.21. The molecule has 0 aromatic carbocycles. The fraction of sp³-hybridized carbons (Fsp3) is 0.818. The second-order valence-electron chi connectivity index (χ2n) is 9.64. The molecular weight excluding hydrogens is 312 g/mol. The molecule has 0 unspecified atom stereocenters. The summed E-state index contributed by atoms with van der Waals surface area (Å²) in [6.45, 7) is 10.5. The van der Waals surface area contributed by atoms with Gasteiger partial charge in [-0.1, -0.05) is 19.1 Å². The van der Waals surface area contributed by atoms with Crippen LogP contribution in [0.15, 0.2) is 23.3 Å². The molecule has 0 aromatic heterocycles. The zero-order valence-corrected chi connectivity index (χ0v) is 16.4. The maximum atomic E-state index is 6.44.